The molecule has 2 aliphatic rings. The Balaban J connectivity index is 1.24. The molecule has 0 unspecified atom stereocenters. The number of carbonyl (C=O) groups is 1. The lowest BCUT2D eigenvalue weighted by atomic mass is 10.2. The molecule has 0 radical (unpaired) electrons. The molecule has 0 spiro atoms. The van der Waals surface area contributed by atoms with Crippen molar-refractivity contribution in [2.45, 2.75) is 33.1 Å². The van der Waals surface area contributed by atoms with Gasteiger partial charge in [0, 0.05) is 56.9 Å². The molecule has 11 nitrogen and oxygen atoms in total. The number of alkyl halides is 3. The third-order valence-corrected chi connectivity index (χ3v) is 7.10. The molecule has 0 aliphatic carbocycles. The highest BCUT2D eigenvalue weighted by Gasteiger charge is 2.31. The van der Waals surface area contributed by atoms with Gasteiger partial charge < -0.3 is 20.4 Å². The fourth-order valence-corrected chi connectivity index (χ4v) is 4.75. The molecule has 5 heterocycles. The zero-order valence-electron chi connectivity index (χ0n) is 24.1. The van der Waals surface area contributed by atoms with Crippen LogP contribution >= 0.6 is 0 Å². The number of hydrogen-bond acceptors (Lipinski definition) is 10. The lowest BCUT2D eigenvalue weighted by molar-refractivity contribution is -0.137. The molecule has 1 fully saturated rings. The van der Waals surface area contributed by atoms with Crippen molar-refractivity contribution >= 4 is 28.7 Å². The van der Waals surface area contributed by atoms with E-state index in [-0.39, 0.29) is 11.8 Å². The number of hydrazine groups is 2. The van der Waals surface area contributed by atoms with Gasteiger partial charge in [0.05, 0.1) is 59.1 Å². The van der Waals surface area contributed by atoms with Gasteiger partial charge in [-0.1, -0.05) is 0 Å². The first-order chi connectivity index (χ1) is 20.6. The Morgan fingerprint density at radius 3 is 2.63 bits per heavy atom. The summed E-state index contributed by atoms with van der Waals surface area (Å²) in [6.07, 6.45) is 3.52. The fraction of sp³-hybridized carbons (Fsp3) is 0.379. The largest absolute Gasteiger partial charge is 0.416 e. The van der Waals surface area contributed by atoms with E-state index in [1.165, 1.54) is 6.20 Å². The van der Waals surface area contributed by atoms with Crippen molar-refractivity contribution in [1.82, 2.24) is 30.8 Å². The summed E-state index contributed by atoms with van der Waals surface area (Å²) in [6.45, 7) is 11.2. The minimum absolute atomic E-state index is 0.236. The molecule has 3 aromatic heterocycles. The highest BCUT2D eigenvalue weighted by molar-refractivity contribution is 6.03. The third kappa shape index (κ3) is 7.58. The summed E-state index contributed by atoms with van der Waals surface area (Å²) in [5.74, 6) is -0.779. The lowest BCUT2D eigenvalue weighted by Gasteiger charge is -2.36. The van der Waals surface area contributed by atoms with Crippen LogP contribution in [0.25, 0.3) is 5.70 Å². The predicted octanol–water partition coefficient (Wildman–Crippen LogP) is 3.83. The van der Waals surface area contributed by atoms with Gasteiger partial charge in [-0.05, 0) is 45.0 Å². The summed E-state index contributed by atoms with van der Waals surface area (Å²) >= 11 is 0. The Kier molecular flexibility index (Phi) is 9.08. The minimum atomic E-state index is -4.58. The number of hydrogen-bond donors (Lipinski definition) is 3. The summed E-state index contributed by atoms with van der Waals surface area (Å²) in [7, 11) is 0. The van der Waals surface area contributed by atoms with Crippen LogP contribution < -0.4 is 26.2 Å². The highest BCUT2D eigenvalue weighted by Crippen LogP contribution is 2.30. The summed E-state index contributed by atoms with van der Waals surface area (Å²) in [4.78, 5) is 30.0. The number of aryl methyl sites for hydroxylation is 1. The normalized spacial score (nSPS) is 15.9. The van der Waals surface area contributed by atoms with Gasteiger partial charge in [-0.15, -0.1) is 5.53 Å². The smallest absolute Gasteiger partial charge is 0.377 e. The number of rotatable bonds is 9. The molecule has 5 rings (SSSR count). The van der Waals surface area contributed by atoms with Crippen molar-refractivity contribution in [3.8, 4) is 0 Å². The van der Waals surface area contributed by atoms with Gasteiger partial charge in [0.2, 0.25) is 0 Å². The van der Waals surface area contributed by atoms with E-state index in [4.69, 9.17) is 4.74 Å². The Hall–Kier alpha value is -4.27. The maximum atomic E-state index is 13.1. The molecular weight excluding hydrogens is 563 g/mol. The zero-order valence-corrected chi connectivity index (χ0v) is 24.1. The molecular formula is C29H34F3N9O2. The standard InChI is InChI=1S/C29H34F3N9O2/c1-19(2)43-11-10-39-6-8-40(9-7-39)24-12-21(15-33-17-24)26-18-41(38-37-26)27-14-23(16-35-20(27)3)36-28(42)25-13-22(4-5-34-25)29(30,31)32/h4-5,12-19,37-38H,6-11H2,1-3H3,(H,36,42). The first-order valence-corrected chi connectivity index (χ1v) is 13.9. The van der Waals surface area contributed by atoms with Crippen LogP contribution in [-0.4, -0.2) is 71.2 Å². The number of nitrogens with one attached hydrogen (secondary N) is 3. The fourth-order valence-electron chi connectivity index (χ4n) is 4.75. The maximum absolute atomic E-state index is 13.1. The minimum Gasteiger partial charge on any atom is -0.377 e. The molecule has 0 bridgehead atoms. The average Bonchev–Trinajstić information content (AvgIpc) is 3.48. The molecule has 1 saturated heterocycles. The van der Waals surface area contributed by atoms with E-state index in [2.05, 4.69) is 47.1 Å². The van der Waals surface area contributed by atoms with Gasteiger partial charge in [-0.2, -0.15) is 13.2 Å². The molecule has 0 atom stereocenters. The molecule has 14 heteroatoms. The Labute approximate surface area is 247 Å². The number of halogens is 3. The van der Waals surface area contributed by atoms with Crippen molar-refractivity contribution < 1.29 is 22.7 Å². The van der Waals surface area contributed by atoms with Gasteiger partial charge in [0.25, 0.3) is 5.91 Å². The van der Waals surface area contributed by atoms with Crippen molar-refractivity contribution in [2.24, 2.45) is 0 Å². The van der Waals surface area contributed by atoms with E-state index in [0.29, 0.717) is 23.1 Å². The van der Waals surface area contributed by atoms with Crippen molar-refractivity contribution in [3.63, 3.8) is 0 Å². The quantitative estimate of drug-likeness (QED) is 0.337. The van der Waals surface area contributed by atoms with Crippen molar-refractivity contribution in [2.75, 3.05) is 54.6 Å². The molecule has 228 valence electrons. The van der Waals surface area contributed by atoms with Gasteiger partial charge in [-0.3, -0.25) is 29.7 Å². The molecule has 0 aromatic carbocycles. The summed E-state index contributed by atoms with van der Waals surface area (Å²) in [5.41, 5.74) is 9.19. The monoisotopic (exact) mass is 597 g/mol. The topological polar surface area (TPSA) is 111 Å². The van der Waals surface area contributed by atoms with E-state index in [1.807, 2.05) is 26.2 Å². The Morgan fingerprint density at radius 1 is 1.09 bits per heavy atom. The second-order valence-electron chi connectivity index (χ2n) is 10.5. The van der Waals surface area contributed by atoms with E-state index in [1.54, 1.807) is 24.2 Å². The molecule has 2 aliphatic heterocycles. The second kappa shape index (κ2) is 12.9. The Bertz CT molecular complexity index is 1470. The van der Waals surface area contributed by atoms with Crippen LogP contribution in [0.3, 0.4) is 0 Å². The number of carbonyl (C=O) groups excluding carboxylic acids is 1. The molecule has 1 amide bonds. The van der Waals surface area contributed by atoms with Crippen LogP contribution in [0, 0.1) is 6.92 Å². The zero-order chi connectivity index (χ0) is 30.6. The van der Waals surface area contributed by atoms with Crippen LogP contribution in [-0.2, 0) is 10.9 Å². The van der Waals surface area contributed by atoms with E-state index in [9.17, 15) is 18.0 Å². The third-order valence-electron chi connectivity index (χ3n) is 7.10. The van der Waals surface area contributed by atoms with Crippen LogP contribution in [0.15, 0.2) is 55.3 Å². The highest BCUT2D eigenvalue weighted by atomic mass is 19.4. The average molecular weight is 598 g/mol. The number of anilines is 3. The predicted molar refractivity (Wildman–Crippen MR) is 157 cm³/mol. The molecule has 43 heavy (non-hydrogen) atoms. The summed E-state index contributed by atoms with van der Waals surface area (Å²) < 4.78 is 44.9. The SMILES string of the molecule is Cc1ncc(NC(=O)c2cc(C(F)(F)F)ccn2)cc1N1C=C(c2cncc(N3CCN(CCOC(C)C)CC3)c2)NN1. The first-order valence-electron chi connectivity index (χ1n) is 13.9. The number of amides is 1. The van der Waals surface area contributed by atoms with Crippen LogP contribution in [0.5, 0.6) is 0 Å². The molecule has 0 saturated carbocycles. The van der Waals surface area contributed by atoms with E-state index < -0.39 is 17.6 Å². The second-order valence-corrected chi connectivity index (χ2v) is 10.5. The van der Waals surface area contributed by atoms with Crippen LogP contribution in [0.1, 0.15) is 41.2 Å². The van der Waals surface area contributed by atoms with Gasteiger partial charge in [-0.25, -0.2) is 0 Å². The van der Waals surface area contributed by atoms with Crippen LogP contribution in [0.4, 0.5) is 30.2 Å². The number of aromatic nitrogens is 3. The Morgan fingerprint density at radius 2 is 1.88 bits per heavy atom. The molecule has 3 N–H and O–H groups in total. The van der Waals surface area contributed by atoms with Gasteiger partial charge in [0.1, 0.15) is 5.69 Å². The van der Waals surface area contributed by atoms with Crippen LogP contribution in [0.2, 0.25) is 0 Å². The van der Waals surface area contributed by atoms with E-state index in [0.717, 1.165) is 68.5 Å². The first kappa shape index (κ1) is 30.2. The van der Waals surface area contributed by atoms with Crippen molar-refractivity contribution in [3.05, 3.63) is 77.8 Å². The lowest BCUT2D eigenvalue weighted by Crippen LogP contribution is -2.47. The summed E-state index contributed by atoms with van der Waals surface area (Å²) in [5, 5.41) is 4.29. The van der Waals surface area contributed by atoms with Crippen molar-refractivity contribution in [1.29, 1.82) is 0 Å². The number of nitrogens with zero attached hydrogens (tertiary/aromatic N) is 6. The van der Waals surface area contributed by atoms with Gasteiger partial charge in [0.15, 0.2) is 0 Å². The number of ether oxygens (including phenoxy) is 1. The molecule has 3 aromatic rings. The number of piperazine rings is 1. The number of pyridine rings is 3. The maximum Gasteiger partial charge on any atom is 0.416 e. The summed E-state index contributed by atoms with van der Waals surface area (Å²) in [6, 6.07) is 5.28. The van der Waals surface area contributed by atoms with Gasteiger partial charge >= 0.3 is 6.18 Å². The van der Waals surface area contributed by atoms with E-state index >= 15 is 0 Å².